The van der Waals surface area contributed by atoms with Crippen LogP contribution in [0.25, 0.3) is 0 Å². The van der Waals surface area contributed by atoms with E-state index in [4.69, 9.17) is 0 Å². The molecule has 0 saturated carbocycles. The molecule has 0 radical (unpaired) electrons. The van der Waals surface area contributed by atoms with E-state index in [1.807, 2.05) is 30.5 Å². The van der Waals surface area contributed by atoms with E-state index in [0.29, 0.717) is 24.5 Å². The first-order valence-corrected chi connectivity index (χ1v) is 9.37. The fourth-order valence-corrected chi connectivity index (χ4v) is 3.24. The largest absolute Gasteiger partial charge is 0.353 e. The van der Waals surface area contributed by atoms with Gasteiger partial charge in [0, 0.05) is 38.9 Å². The highest BCUT2D eigenvalue weighted by Gasteiger charge is 2.19. The summed E-state index contributed by atoms with van der Waals surface area (Å²) in [6, 6.07) is 12.7. The van der Waals surface area contributed by atoms with Gasteiger partial charge in [0.25, 0.3) is 0 Å². The normalized spacial score (nSPS) is 14.2. The van der Waals surface area contributed by atoms with Crippen LogP contribution in [0.5, 0.6) is 0 Å². The Labute approximate surface area is 163 Å². The molecule has 7 nitrogen and oxygen atoms in total. The predicted octanol–water partition coefficient (Wildman–Crippen LogP) is 2.39. The van der Waals surface area contributed by atoms with E-state index < -0.39 is 0 Å². The summed E-state index contributed by atoms with van der Waals surface area (Å²) in [7, 11) is 0. The zero-order chi connectivity index (χ0) is 19.2. The highest BCUT2D eigenvalue weighted by atomic mass is 19.1. The number of aromatic nitrogens is 4. The number of nitrogens with zero attached hydrogens (tertiary/aromatic N) is 6. The zero-order valence-corrected chi connectivity index (χ0v) is 15.5. The van der Waals surface area contributed by atoms with E-state index in [9.17, 15) is 4.39 Å². The summed E-state index contributed by atoms with van der Waals surface area (Å²) in [4.78, 5) is 13.4. The van der Waals surface area contributed by atoms with Gasteiger partial charge in [-0.1, -0.05) is 24.3 Å². The number of hydrogen-bond acceptors (Lipinski definition) is 7. The summed E-state index contributed by atoms with van der Waals surface area (Å²) < 4.78 is 13.7. The third kappa shape index (κ3) is 4.33. The van der Waals surface area contributed by atoms with E-state index in [2.05, 4.69) is 35.3 Å². The first-order chi connectivity index (χ1) is 13.8. The average molecular weight is 379 g/mol. The third-order valence-corrected chi connectivity index (χ3v) is 4.76. The van der Waals surface area contributed by atoms with Crippen LogP contribution in [0.2, 0.25) is 0 Å². The second-order valence-corrected chi connectivity index (χ2v) is 6.57. The number of anilines is 3. The summed E-state index contributed by atoms with van der Waals surface area (Å²) in [6.45, 7) is 3.96. The molecule has 0 atom stereocenters. The minimum absolute atomic E-state index is 0.192. The predicted molar refractivity (Wildman–Crippen MR) is 107 cm³/mol. The van der Waals surface area contributed by atoms with Gasteiger partial charge in [-0.15, -0.1) is 5.10 Å². The molecule has 1 aliphatic heterocycles. The van der Waals surface area contributed by atoms with Crippen LogP contribution in [0.1, 0.15) is 5.56 Å². The van der Waals surface area contributed by atoms with Crippen molar-refractivity contribution in [3.8, 4) is 0 Å². The number of pyridine rings is 1. The topological polar surface area (TPSA) is 70.1 Å². The molecule has 144 valence electrons. The van der Waals surface area contributed by atoms with E-state index in [0.717, 1.165) is 37.8 Å². The lowest BCUT2D eigenvalue weighted by Gasteiger charge is -2.35. The van der Waals surface area contributed by atoms with Gasteiger partial charge >= 0.3 is 0 Å². The molecule has 3 heterocycles. The van der Waals surface area contributed by atoms with Crippen LogP contribution in [0.4, 0.5) is 22.0 Å². The monoisotopic (exact) mass is 379 g/mol. The Balaban J connectivity index is 1.32. The summed E-state index contributed by atoms with van der Waals surface area (Å²) >= 11 is 0. The lowest BCUT2D eigenvalue weighted by atomic mass is 10.1. The van der Waals surface area contributed by atoms with Crippen molar-refractivity contribution in [2.75, 3.05) is 47.8 Å². The van der Waals surface area contributed by atoms with Crippen LogP contribution in [0.15, 0.2) is 54.9 Å². The van der Waals surface area contributed by atoms with Gasteiger partial charge in [-0.3, -0.25) is 0 Å². The minimum atomic E-state index is -0.192. The highest BCUT2D eigenvalue weighted by Crippen LogP contribution is 2.17. The Morgan fingerprint density at radius 3 is 2.43 bits per heavy atom. The third-order valence-electron chi connectivity index (χ3n) is 4.76. The molecule has 3 aromatic rings. The van der Waals surface area contributed by atoms with Crippen LogP contribution in [-0.2, 0) is 6.42 Å². The molecular weight excluding hydrogens is 357 g/mol. The molecule has 2 aromatic heterocycles. The van der Waals surface area contributed by atoms with Gasteiger partial charge < -0.3 is 15.1 Å². The van der Waals surface area contributed by atoms with E-state index in [1.165, 1.54) is 6.07 Å². The number of hydrogen-bond donors (Lipinski definition) is 1. The summed E-state index contributed by atoms with van der Waals surface area (Å²) in [5.74, 6) is 2.06. The molecule has 4 rings (SSSR count). The summed E-state index contributed by atoms with van der Waals surface area (Å²) in [5.41, 5.74) is 0.671. The number of benzene rings is 1. The van der Waals surface area contributed by atoms with Crippen molar-refractivity contribution in [3.05, 3.63) is 66.2 Å². The lowest BCUT2D eigenvalue weighted by Crippen LogP contribution is -2.47. The lowest BCUT2D eigenvalue weighted by molar-refractivity contribution is 0.610. The van der Waals surface area contributed by atoms with Gasteiger partial charge in [0.1, 0.15) is 11.6 Å². The van der Waals surface area contributed by atoms with Gasteiger partial charge in [0.05, 0.1) is 6.20 Å². The Morgan fingerprint density at radius 2 is 1.68 bits per heavy atom. The molecule has 1 aliphatic rings. The van der Waals surface area contributed by atoms with Crippen molar-refractivity contribution in [1.82, 2.24) is 20.2 Å². The van der Waals surface area contributed by atoms with Crippen LogP contribution >= 0.6 is 0 Å². The van der Waals surface area contributed by atoms with Gasteiger partial charge in [-0.25, -0.2) is 9.37 Å². The quantitative estimate of drug-likeness (QED) is 0.705. The molecule has 0 amide bonds. The van der Waals surface area contributed by atoms with E-state index in [-0.39, 0.29) is 5.82 Å². The summed E-state index contributed by atoms with van der Waals surface area (Å²) in [6.07, 6.45) is 4.05. The van der Waals surface area contributed by atoms with Gasteiger partial charge in [0.15, 0.2) is 5.82 Å². The van der Waals surface area contributed by atoms with Gasteiger partial charge in [-0.2, -0.15) is 10.1 Å². The molecular formula is C20H22FN7. The van der Waals surface area contributed by atoms with Crippen molar-refractivity contribution in [3.63, 3.8) is 0 Å². The zero-order valence-electron chi connectivity index (χ0n) is 15.5. The van der Waals surface area contributed by atoms with Crippen molar-refractivity contribution in [2.45, 2.75) is 6.42 Å². The molecule has 0 unspecified atom stereocenters. The Bertz CT molecular complexity index is 898. The molecule has 0 spiro atoms. The average Bonchev–Trinajstić information content (AvgIpc) is 2.76. The first kappa shape index (κ1) is 18.1. The van der Waals surface area contributed by atoms with Crippen molar-refractivity contribution >= 4 is 17.6 Å². The molecule has 0 aliphatic carbocycles. The fourth-order valence-electron chi connectivity index (χ4n) is 3.24. The fraction of sp³-hybridized carbons (Fsp3) is 0.300. The molecule has 0 bridgehead atoms. The maximum Gasteiger partial charge on any atom is 0.244 e. The van der Waals surface area contributed by atoms with Crippen LogP contribution < -0.4 is 15.1 Å². The van der Waals surface area contributed by atoms with Crippen molar-refractivity contribution in [1.29, 1.82) is 0 Å². The number of halogens is 1. The minimum Gasteiger partial charge on any atom is -0.353 e. The molecule has 1 aromatic carbocycles. The van der Waals surface area contributed by atoms with Crippen LogP contribution in [-0.4, -0.2) is 52.9 Å². The van der Waals surface area contributed by atoms with Crippen LogP contribution in [0.3, 0.4) is 0 Å². The van der Waals surface area contributed by atoms with Crippen molar-refractivity contribution in [2.24, 2.45) is 0 Å². The van der Waals surface area contributed by atoms with E-state index in [1.54, 1.807) is 18.3 Å². The molecule has 1 saturated heterocycles. The van der Waals surface area contributed by atoms with Gasteiger partial charge in [-0.05, 0) is 30.2 Å². The van der Waals surface area contributed by atoms with Crippen LogP contribution in [0, 0.1) is 5.82 Å². The van der Waals surface area contributed by atoms with Crippen molar-refractivity contribution < 1.29 is 4.39 Å². The second kappa shape index (κ2) is 8.60. The highest BCUT2D eigenvalue weighted by molar-refractivity contribution is 5.45. The maximum absolute atomic E-state index is 13.7. The number of nitrogens with one attached hydrogen (secondary N) is 1. The number of piperazine rings is 1. The Kier molecular flexibility index (Phi) is 5.56. The molecule has 28 heavy (non-hydrogen) atoms. The second-order valence-electron chi connectivity index (χ2n) is 6.57. The Hall–Kier alpha value is -3.29. The maximum atomic E-state index is 13.7. The number of rotatable bonds is 6. The molecule has 8 heteroatoms. The SMILES string of the molecule is Fc1ccccc1CCNc1nncc(N2CCN(c3ccccn3)CC2)n1. The van der Waals surface area contributed by atoms with E-state index >= 15 is 0 Å². The van der Waals surface area contributed by atoms with Gasteiger partial charge in [0.2, 0.25) is 5.95 Å². The Morgan fingerprint density at radius 1 is 0.929 bits per heavy atom. The molecule has 1 fully saturated rings. The molecule has 1 N–H and O–H groups in total. The smallest absolute Gasteiger partial charge is 0.244 e. The summed E-state index contributed by atoms with van der Waals surface area (Å²) in [5, 5.41) is 11.2. The standard InChI is InChI=1S/C20H22FN7/c21-17-6-2-1-5-16(17)8-10-23-20-25-19(15-24-26-20)28-13-11-27(12-14-28)18-7-3-4-9-22-18/h1-7,9,15H,8,10-14H2,(H,23,25,26). The first-order valence-electron chi connectivity index (χ1n) is 9.37.